The minimum atomic E-state index is -0.426. The summed E-state index contributed by atoms with van der Waals surface area (Å²) in [6, 6.07) is 24.5. The topological polar surface area (TPSA) is 43.2 Å². The lowest BCUT2D eigenvalue weighted by atomic mass is 10.0. The molecule has 0 unspecified atom stereocenters. The van der Waals surface area contributed by atoms with Crippen LogP contribution in [0.15, 0.2) is 104 Å². The van der Waals surface area contributed by atoms with Gasteiger partial charge in [-0.1, -0.05) is 91.5 Å². The van der Waals surface area contributed by atoms with Crippen LogP contribution in [-0.2, 0) is 9.47 Å². The molecule has 0 aliphatic carbocycles. The molecule has 2 aliphatic rings. The van der Waals surface area contributed by atoms with Gasteiger partial charge in [-0.3, -0.25) is 0 Å². The Balaban J connectivity index is 0.000000168. The second-order valence-electron chi connectivity index (χ2n) is 9.70. The van der Waals surface area contributed by atoms with Crippen molar-refractivity contribution in [1.29, 1.82) is 0 Å². The zero-order valence-corrected chi connectivity index (χ0v) is 27.1. The van der Waals surface area contributed by atoms with E-state index in [2.05, 4.69) is 41.8 Å². The normalized spacial score (nSPS) is 21.0. The molecule has 42 heavy (non-hydrogen) atoms. The highest BCUT2D eigenvalue weighted by Gasteiger charge is 2.32. The molecule has 0 aromatic heterocycles. The van der Waals surface area contributed by atoms with Gasteiger partial charge in [-0.25, -0.2) is 18.8 Å². The van der Waals surface area contributed by atoms with Gasteiger partial charge in [0, 0.05) is 8.95 Å². The monoisotopic (exact) mass is 734 g/mol. The van der Waals surface area contributed by atoms with Crippen LogP contribution in [0.5, 0.6) is 0 Å². The molecule has 4 nitrogen and oxygen atoms in total. The first-order chi connectivity index (χ1) is 20.1. The first-order valence-electron chi connectivity index (χ1n) is 13.0. The number of benzene rings is 4. The Morgan fingerprint density at radius 2 is 0.952 bits per heavy atom. The van der Waals surface area contributed by atoms with Crippen LogP contribution in [0.2, 0.25) is 10.0 Å². The Labute approximate surface area is 269 Å². The standard InChI is InChI=1S/2C16H12BrClFNO/c2*1-9-15(10-5-7-11(17)8-6-10)20-16(21-9)14-12(18)3-2-4-13(14)19/h2*2-9,15H,1H3/t2*9-,15-/m10/s1. The van der Waals surface area contributed by atoms with E-state index in [1.165, 1.54) is 12.1 Å². The molecule has 0 amide bonds. The Bertz CT molecular complexity index is 1490. The number of rotatable bonds is 4. The number of aliphatic imine (C=N–C) groups is 2. The van der Waals surface area contributed by atoms with E-state index in [0.717, 1.165) is 20.1 Å². The summed E-state index contributed by atoms with van der Waals surface area (Å²) in [5.74, 6) is -0.327. The predicted molar refractivity (Wildman–Crippen MR) is 171 cm³/mol. The third-order valence-corrected chi connectivity index (χ3v) is 8.46. The van der Waals surface area contributed by atoms with E-state index in [-0.39, 0.29) is 47.2 Å². The van der Waals surface area contributed by atoms with Crippen molar-refractivity contribution in [2.75, 3.05) is 0 Å². The second kappa shape index (κ2) is 13.2. The summed E-state index contributed by atoms with van der Waals surface area (Å²) in [6.45, 7) is 3.83. The van der Waals surface area contributed by atoms with E-state index in [1.54, 1.807) is 24.3 Å². The molecular formula is C32H24Br2Cl2F2N2O2. The Morgan fingerprint density at radius 3 is 1.29 bits per heavy atom. The molecule has 4 atom stereocenters. The summed E-state index contributed by atoms with van der Waals surface area (Å²) in [7, 11) is 0. The lowest BCUT2D eigenvalue weighted by Gasteiger charge is -2.13. The van der Waals surface area contributed by atoms with Gasteiger partial charge in [-0.05, 0) is 73.5 Å². The molecule has 0 fully saturated rings. The first kappa shape index (κ1) is 30.7. The molecule has 10 heteroatoms. The second-order valence-corrected chi connectivity index (χ2v) is 12.3. The number of hydrogen-bond donors (Lipinski definition) is 0. The van der Waals surface area contributed by atoms with Crippen molar-refractivity contribution in [3.63, 3.8) is 0 Å². The molecule has 2 aliphatic heterocycles. The van der Waals surface area contributed by atoms with Crippen molar-refractivity contribution in [1.82, 2.24) is 0 Å². The molecule has 0 spiro atoms. The van der Waals surface area contributed by atoms with Crippen LogP contribution in [0.3, 0.4) is 0 Å². The third-order valence-electron chi connectivity index (χ3n) is 6.77. The molecule has 0 bridgehead atoms. The molecule has 2 heterocycles. The van der Waals surface area contributed by atoms with Crippen molar-refractivity contribution in [3.05, 3.63) is 138 Å². The molecule has 4 aromatic rings. The van der Waals surface area contributed by atoms with Crippen molar-refractivity contribution >= 4 is 66.9 Å². The number of nitrogens with zero attached hydrogens (tertiary/aromatic N) is 2. The van der Waals surface area contributed by atoms with Gasteiger partial charge in [0.2, 0.25) is 11.8 Å². The fourth-order valence-corrected chi connectivity index (χ4v) is 5.68. The summed E-state index contributed by atoms with van der Waals surface area (Å²) in [5.41, 5.74) is 2.50. The molecule has 6 rings (SSSR count). The van der Waals surface area contributed by atoms with E-state index in [9.17, 15) is 8.78 Å². The maximum Gasteiger partial charge on any atom is 0.221 e. The summed E-state index contributed by atoms with van der Waals surface area (Å²) >= 11 is 18.9. The van der Waals surface area contributed by atoms with Crippen molar-refractivity contribution in [2.45, 2.75) is 38.1 Å². The minimum Gasteiger partial charge on any atom is -0.472 e. The maximum atomic E-state index is 14.0. The van der Waals surface area contributed by atoms with Crippen LogP contribution in [-0.4, -0.2) is 24.0 Å². The van der Waals surface area contributed by atoms with Gasteiger partial charge in [0.25, 0.3) is 0 Å². The Kier molecular flexibility index (Phi) is 9.67. The van der Waals surface area contributed by atoms with Crippen LogP contribution in [0.25, 0.3) is 0 Å². The highest BCUT2D eigenvalue weighted by molar-refractivity contribution is 9.10. The van der Waals surface area contributed by atoms with Gasteiger partial charge in [0.05, 0.1) is 21.2 Å². The number of ether oxygens (including phenoxy) is 2. The summed E-state index contributed by atoms with van der Waals surface area (Å²) in [5, 5.41) is 0.606. The molecule has 0 N–H and O–H groups in total. The largest absolute Gasteiger partial charge is 0.472 e. The predicted octanol–water partition coefficient (Wildman–Crippen LogP) is 10.3. The first-order valence-corrected chi connectivity index (χ1v) is 15.3. The molecule has 0 saturated carbocycles. The zero-order chi connectivity index (χ0) is 30.0. The zero-order valence-electron chi connectivity index (χ0n) is 22.4. The van der Waals surface area contributed by atoms with E-state index in [1.807, 2.05) is 62.4 Å². The Hall–Kier alpha value is -2.78. The van der Waals surface area contributed by atoms with Crippen molar-refractivity contribution in [3.8, 4) is 0 Å². The lowest BCUT2D eigenvalue weighted by Crippen LogP contribution is -2.13. The molecular weight excluding hydrogens is 713 g/mol. The summed E-state index contributed by atoms with van der Waals surface area (Å²) in [6.07, 6.45) is -0.339. The molecule has 216 valence electrons. The van der Waals surface area contributed by atoms with Gasteiger partial charge in [-0.15, -0.1) is 0 Å². The van der Waals surface area contributed by atoms with Gasteiger partial charge in [0.15, 0.2) is 0 Å². The fourth-order valence-electron chi connectivity index (χ4n) is 4.67. The van der Waals surface area contributed by atoms with Gasteiger partial charge in [0.1, 0.15) is 35.9 Å². The van der Waals surface area contributed by atoms with Crippen LogP contribution in [0.1, 0.15) is 48.2 Å². The van der Waals surface area contributed by atoms with Gasteiger partial charge in [-0.2, -0.15) is 0 Å². The van der Waals surface area contributed by atoms with Crippen LogP contribution < -0.4 is 0 Å². The average Bonchev–Trinajstić information content (AvgIpc) is 3.52. The van der Waals surface area contributed by atoms with E-state index >= 15 is 0 Å². The maximum absolute atomic E-state index is 14.0. The lowest BCUT2D eigenvalue weighted by molar-refractivity contribution is 0.213. The van der Waals surface area contributed by atoms with E-state index in [4.69, 9.17) is 32.7 Å². The molecule has 0 saturated heterocycles. The van der Waals surface area contributed by atoms with Crippen LogP contribution in [0, 0.1) is 11.6 Å². The van der Waals surface area contributed by atoms with Gasteiger partial charge >= 0.3 is 0 Å². The SMILES string of the molecule is C[C@@H]1OC(c2c(F)cccc2Cl)=N[C@@H]1c1ccc(Br)cc1.C[C@H]1OC(c2c(F)cccc2Cl)=N[C@H]1c1ccc(Br)cc1. The Morgan fingerprint density at radius 1 is 0.595 bits per heavy atom. The van der Waals surface area contributed by atoms with Gasteiger partial charge < -0.3 is 9.47 Å². The fraction of sp³-hybridized carbons (Fsp3) is 0.188. The van der Waals surface area contributed by atoms with Crippen molar-refractivity contribution in [2.24, 2.45) is 9.98 Å². The van der Waals surface area contributed by atoms with E-state index < -0.39 is 11.6 Å². The quantitative estimate of drug-likeness (QED) is 0.209. The average molecular weight is 737 g/mol. The number of hydrogen-bond acceptors (Lipinski definition) is 4. The number of halogens is 6. The van der Waals surface area contributed by atoms with Crippen molar-refractivity contribution < 1.29 is 18.3 Å². The highest BCUT2D eigenvalue weighted by atomic mass is 79.9. The highest BCUT2D eigenvalue weighted by Crippen LogP contribution is 2.35. The third kappa shape index (κ3) is 6.72. The smallest absolute Gasteiger partial charge is 0.221 e. The molecule has 0 radical (unpaired) electrons. The van der Waals surface area contributed by atoms with Crippen LogP contribution >= 0.6 is 55.1 Å². The van der Waals surface area contributed by atoms with Crippen LogP contribution in [0.4, 0.5) is 8.78 Å². The summed E-state index contributed by atoms with van der Waals surface area (Å²) < 4.78 is 41.4. The molecule has 4 aromatic carbocycles. The van der Waals surface area contributed by atoms with E-state index in [0.29, 0.717) is 10.0 Å². The minimum absolute atomic E-state index is 0.163. The summed E-state index contributed by atoms with van der Waals surface area (Å²) in [4.78, 5) is 9.03.